The molecule has 0 aliphatic carbocycles. The molecule has 13 heavy (non-hydrogen) atoms. The van der Waals surface area contributed by atoms with Gasteiger partial charge in [0.1, 0.15) is 5.82 Å². The van der Waals surface area contributed by atoms with Gasteiger partial charge in [0.05, 0.1) is 12.1 Å². The maximum Gasteiger partial charge on any atom is 0.128 e. The quantitative estimate of drug-likeness (QED) is 0.730. The molecule has 0 heterocycles. The minimum absolute atomic E-state index is 0.362. The summed E-state index contributed by atoms with van der Waals surface area (Å²) in [6.07, 6.45) is -0.740. The van der Waals surface area contributed by atoms with Crippen molar-refractivity contribution in [3.8, 4) is 0 Å². The lowest BCUT2D eigenvalue weighted by atomic mass is 10.0. The number of nitrogens with two attached hydrogens (primary N) is 1. The highest BCUT2D eigenvalue weighted by atomic mass is 19.1. The van der Waals surface area contributed by atoms with Crippen LogP contribution in [0.3, 0.4) is 0 Å². The van der Waals surface area contributed by atoms with Crippen molar-refractivity contribution in [2.45, 2.75) is 26.0 Å². The Morgan fingerprint density at radius 1 is 1.46 bits per heavy atom. The van der Waals surface area contributed by atoms with E-state index >= 15 is 0 Å². The zero-order valence-electron chi connectivity index (χ0n) is 7.79. The van der Waals surface area contributed by atoms with Gasteiger partial charge in [0.2, 0.25) is 0 Å². The lowest BCUT2D eigenvalue weighted by molar-refractivity contribution is 0.162. The average molecular weight is 183 g/mol. The van der Waals surface area contributed by atoms with E-state index in [1.807, 2.05) is 6.92 Å². The summed E-state index contributed by atoms with van der Waals surface area (Å²) >= 11 is 0. The number of rotatable bonds is 2. The Morgan fingerprint density at radius 2 is 2.08 bits per heavy atom. The van der Waals surface area contributed by atoms with Gasteiger partial charge in [0.25, 0.3) is 0 Å². The van der Waals surface area contributed by atoms with Gasteiger partial charge in [-0.3, -0.25) is 0 Å². The molecule has 0 saturated heterocycles. The monoisotopic (exact) mass is 183 g/mol. The van der Waals surface area contributed by atoms with Crippen molar-refractivity contribution in [2.24, 2.45) is 5.73 Å². The van der Waals surface area contributed by atoms with E-state index in [0.717, 1.165) is 5.56 Å². The maximum atomic E-state index is 13.2. The first kappa shape index (κ1) is 10.2. The average Bonchev–Trinajstić information content (AvgIpc) is 2.08. The summed E-state index contributed by atoms with van der Waals surface area (Å²) in [5.74, 6) is -0.362. The van der Waals surface area contributed by atoms with Gasteiger partial charge in [-0.2, -0.15) is 0 Å². The molecule has 2 unspecified atom stereocenters. The van der Waals surface area contributed by atoms with E-state index in [1.54, 1.807) is 19.1 Å². The molecule has 0 aliphatic rings. The number of hydrogen-bond donors (Lipinski definition) is 2. The molecule has 3 heteroatoms. The fourth-order valence-corrected chi connectivity index (χ4v) is 1.18. The minimum atomic E-state index is -0.740. The summed E-state index contributed by atoms with van der Waals surface area (Å²) in [6.45, 7) is 3.41. The molecule has 2 atom stereocenters. The van der Waals surface area contributed by atoms with Crippen LogP contribution in [0.15, 0.2) is 18.2 Å². The summed E-state index contributed by atoms with van der Waals surface area (Å²) in [5.41, 5.74) is 6.93. The van der Waals surface area contributed by atoms with Gasteiger partial charge in [-0.15, -0.1) is 0 Å². The third kappa shape index (κ3) is 2.26. The zero-order chi connectivity index (χ0) is 10.0. The molecule has 0 aromatic heterocycles. The predicted molar refractivity (Wildman–Crippen MR) is 49.7 cm³/mol. The summed E-state index contributed by atoms with van der Waals surface area (Å²) in [6, 6.07) is 4.05. The van der Waals surface area contributed by atoms with Gasteiger partial charge in [-0.25, -0.2) is 4.39 Å². The Labute approximate surface area is 77.2 Å². The molecule has 0 spiro atoms. The van der Waals surface area contributed by atoms with Crippen LogP contribution in [0.5, 0.6) is 0 Å². The highest BCUT2D eigenvalue weighted by Crippen LogP contribution is 2.19. The molecule has 0 amide bonds. The lowest BCUT2D eigenvalue weighted by Crippen LogP contribution is -2.24. The SMILES string of the molecule is Cc1ccc(F)c(C(N)C(C)O)c1. The first-order valence-corrected chi connectivity index (χ1v) is 4.22. The van der Waals surface area contributed by atoms with Crippen molar-refractivity contribution in [2.75, 3.05) is 0 Å². The second-order valence-corrected chi connectivity index (χ2v) is 3.29. The van der Waals surface area contributed by atoms with Crippen molar-refractivity contribution in [3.63, 3.8) is 0 Å². The van der Waals surface area contributed by atoms with Crippen molar-refractivity contribution >= 4 is 0 Å². The predicted octanol–water partition coefficient (Wildman–Crippen LogP) is 1.51. The Balaban J connectivity index is 3.05. The van der Waals surface area contributed by atoms with Crippen molar-refractivity contribution in [3.05, 3.63) is 35.1 Å². The normalized spacial score (nSPS) is 15.5. The first-order chi connectivity index (χ1) is 6.02. The van der Waals surface area contributed by atoms with Gasteiger partial charge in [0, 0.05) is 5.56 Å². The molecule has 1 aromatic carbocycles. The topological polar surface area (TPSA) is 46.2 Å². The number of hydrogen-bond acceptors (Lipinski definition) is 2. The second-order valence-electron chi connectivity index (χ2n) is 3.29. The minimum Gasteiger partial charge on any atom is -0.391 e. The number of aliphatic hydroxyl groups is 1. The van der Waals surface area contributed by atoms with Gasteiger partial charge in [-0.1, -0.05) is 17.7 Å². The van der Waals surface area contributed by atoms with Crippen LogP contribution in [0.1, 0.15) is 24.1 Å². The van der Waals surface area contributed by atoms with Gasteiger partial charge in [0.15, 0.2) is 0 Å². The van der Waals surface area contributed by atoms with Crippen LogP contribution in [0.25, 0.3) is 0 Å². The van der Waals surface area contributed by atoms with Crippen LogP contribution in [-0.2, 0) is 0 Å². The lowest BCUT2D eigenvalue weighted by Gasteiger charge is -2.16. The number of aryl methyl sites for hydroxylation is 1. The molecule has 3 N–H and O–H groups in total. The van der Waals surface area contributed by atoms with E-state index in [1.165, 1.54) is 6.07 Å². The molecule has 0 saturated carbocycles. The van der Waals surface area contributed by atoms with E-state index in [2.05, 4.69) is 0 Å². The Bertz CT molecular complexity index is 299. The molecule has 72 valence electrons. The first-order valence-electron chi connectivity index (χ1n) is 4.22. The molecule has 0 bridgehead atoms. The number of halogens is 1. The molecule has 0 aliphatic heterocycles. The molecular formula is C10H14FNO. The van der Waals surface area contributed by atoms with Gasteiger partial charge in [-0.05, 0) is 19.9 Å². The van der Waals surface area contributed by atoms with Crippen LogP contribution in [0, 0.1) is 12.7 Å². The van der Waals surface area contributed by atoms with E-state index < -0.39 is 12.1 Å². The second kappa shape index (κ2) is 3.85. The standard InChI is InChI=1S/C10H14FNO/c1-6-3-4-9(11)8(5-6)10(12)7(2)13/h3-5,7,10,13H,12H2,1-2H3. The highest BCUT2D eigenvalue weighted by molar-refractivity contribution is 5.27. The van der Waals surface area contributed by atoms with E-state index in [9.17, 15) is 9.50 Å². The number of aliphatic hydroxyl groups excluding tert-OH is 1. The van der Waals surface area contributed by atoms with Crippen LogP contribution < -0.4 is 5.73 Å². The highest BCUT2D eigenvalue weighted by Gasteiger charge is 2.15. The summed E-state index contributed by atoms with van der Waals surface area (Å²) in [5, 5.41) is 9.20. The molecular weight excluding hydrogens is 169 g/mol. The summed E-state index contributed by atoms with van der Waals surface area (Å²) in [7, 11) is 0. The largest absolute Gasteiger partial charge is 0.391 e. The molecule has 1 rings (SSSR count). The summed E-state index contributed by atoms with van der Waals surface area (Å²) in [4.78, 5) is 0. The third-order valence-corrected chi connectivity index (χ3v) is 2.03. The van der Waals surface area contributed by atoms with Crippen LogP contribution in [-0.4, -0.2) is 11.2 Å². The molecule has 0 fully saturated rings. The Kier molecular flexibility index (Phi) is 3.01. The summed E-state index contributed by atoms with van der Waals surface area (Å²) < 4.78 is 13.2. The van der Waals surface area contributed by atoms with E-state index in [0.29, 0.717) is 5.56 Å². The molecule has 1 aromatic rings. The van der Waals surface area contributed by atoms with Crippen molar-refractivity contribution in [1.29, 1.82) is 0 Å². The third-order valence-electron chi connectivity index (χ3n) is 2.03. The fraction of sp³-hybridized carbons (Fsp3) is 0.400. The Morgan fingerprint density at radius 3 is 2.62 bits per heavy atom. The van der Waals surface area contributed by atoms with Crippen LogP contribution in [0.2, 0.25) is 0 Å². The van der Waals surface area contributed by atoms with Gasteiger partial charge >= 0.3 is 0 Å². The maximum absolute atomic E-state index is 13.2. The fourth-order valence-electron chi connectivity index (χ4n) is 1.18. The number of benzene rings is 1. The van der Waals surface area contributed by atoms with Crippen molar-refractivity contribution < 1.29 is 9.50 Å². The zero-order valence-corrected chi connectivity index (χ0v) is 7.79. The Hall–Kier alpha value is -0.930. The van der Waals surface area contributed by atoms with Crippen molar-refractivity contribution in [1.82, 2.24) is 0 Å². The van der Waals surface area contributed by atoms with Gasteiger partial charge < -0.3 is 10.8 Å². The van der Waals surface area contributed by atoms with E-state index in [-0.39, 0.29) is 5.82 Å². The van der Waals surface area contributed by atoms with Crippen LogP contribution >= 0.6 is 0 Å². The van der Waals surface area contributed by atoms with Crippen LogP contribution in [0.4, 0.5) is 4.39 Å². The smallest absolute Gasteiger partial charge is 0.128 e. The molecule has 2 nitrogen and oxygen atoms in total. The van der Waals surface area contributed by atoms with E-state index in [4.69, 9.17) is 5.73 Å². The molecule has 0 radical (unpaired) electrons.